The molecule has 30 heavy (non-hydrogen) atoms. The summed E-state index contributed by atoms with van der Waals surface area (Å²) in [5, 5.41) is 11.2. The Labute approximate surface area is 175 Å². The van der Waals surface area contributed by atoms with Gasteiger partial charge in [-0.15, -0.1) is 0 Å². The standard InChI is InChI=1S/C26H23NO3/c1-16-14-19(11-13-24(16)27(29)30)26(28)23-15-18-7-3-4-8-20(18)22-12-10-17-6-2-5-9-21(17)25(22)23/h3-4,7-8,10-14,23H,2,5-6,9,15H2,1H3. The fourth-order valence-corrected chi connectivity index (χ4v) is 5.21. The molecule has 5 rings (SSSR count). The van der Waals surface area contributed by atoms with Crippen LogP contribution in [0.4, 0.5) is 5.69 Å². The lowest BCUT2D eigenvalue weighted by Gasteiger charge is -2.32. The lowest BCUT2D eigenvalue weighted by atomic mass is 9.71. The third-order valence-electron chi connectivity index (χ3n) is 6.65. The van der Waals surface area contributed by atoms with E-state index < -0.39 is 4.92 Å². The second-order valence-electron chi connectivity index (χ2n) is 8.41. The number of ketones is 1. The van der Waals surface area contributed by atoms with Crippen LogP contribution in [0.3, 0.4) is 0 Å². The molecule has 4 nitrogen and oxygen atoms in total. The van der Waals surface area contributed by atoms with Crippen LogP contribution in [0.1, 0.15) is 56.9 Å². The van der Waals surface area contributed by atoms with Gasteiger partial charge < -0.3 is 0 Å². The highest BCUT2D eigenvalue weighted by atomic mass is 16.6. The van der Waals surface area contributed by atoms with Crippen molar-refractivity contribution in [1.29, 1.82) is 0 Å². The summed E-state index contributed by atoms with van der Waals surface area (Å²) >= 11 is 0. The monoisotopic (exact) mass is 397 g/mol. The van der Waals surface area contributed by atoms with E-state index in [1.807, 2.05) is 6.07 Å². The average Bonchev–Trinajstić information content (AvgIpc) is 2.77. The van der Waals surface area contributed by atoms with Crippen LogP contribution in [0.25, 0.3) is 11.1 Å². The van der Waals surface area contributed by atoms with Gasteiger partial charge >= 0.3 is 0 Å². The van der Waals surface area contributed by atoms with E-state index >= 15 is 0 Å². The number of rotatable bonds is 3. The number of hydrogen-bond acceptors (Lipinski definition) is 3. The Morgan fingerprint density at radius 2 is 1.77 bits per heavy atom. The van der Waals surface area contributed by atoms with Crippen molar-refractivity contribution < 1.29 is 9.72 Å². The van der Waals surface area contributed by atoms with Crippen LogP contribution < -0.4 is 0 Å². The van der Waals surface area contributed by atoms with E-state index in [0.29, 0.717) is 17.5 Å². The van der Waals surface area contributed by atoms with Crippen molar-refractivity contribution in [3.05, 3.63) is 98.1 Å². The van der Waals surface area contributed by atoms with Gasteiger partial charge in [-0.05, 0) is 84.5 Å². The van der Waals surface area contributed by atoms with Gasteiger partial charge in [-0.3, -0.25) is 14.9 Å². The molecule has 0 radical (unpaired) electrons. The average molecular weight is 397 g/mol. The largest absolute Gasteiger partial charge is 0.293 e. The highest BCUT2D eigenvalue weighted by molar-refractivity contribution is 6.04. The third kappa shape index (κ3) is 2.95. The maximum absolute atomic E-state index is 13.7. The minimum absolute atomic E-state index is 0.0540. The van der Waals surface area contributed by atoms with E-state index in [0.717, 1.165) is 19.3 Å². The number of hydrogen-bond donors (Lipinski definition) is 0. The van der Waals surface area contributed by atoms with Crippen molar-refractivity contribution in [3.63, 3.8) is 0 Å². The number of nitro benzene ring substituents is 1. The summed E-state index contributed by atoms with van der Waals surface area (Å²) < 4.78 is 0. The first-order chi connectivity index (χ1) is 14.5. The van der Waals surface area contributed by atoms with Crippen LogP contribution in [0, 0.1) is 17.0 Å². The van der Waals surface area contributed by atoms with Gasteiger partial charge in [0, 0.05) is 17.2 Å². The van der Waals surface area contributed by atoms with Crippen molar-refractivity contribution in [2.75, 3.05) is 0 Å². The lowest BCUT2D eigenvalue weighted by Crippen LogP contribution is -2.23. The van der Waals surface area contributed by atoms with Crippen molar-refractivity contribution in [2.24, 2.45) is 0 Å². The molecular weight excluding hydrogens is 374 g/mol. The molecule has 0 spiro atoms. The molecule has 0 amide bonds. The molecule has 0 heterocycles. The predicted molar refractivity (Wildman–Crippen MR) is 117 cm³/mol. The summed E-state index contributed by atoms with van der Waals surface area (Å²) in [6.45, 7) is 1.70. The molecule has 4 heteroatoms. The van der Waals surface area contributed by atoms with Crippen LogP contribution in [0.15, 0.2) is 54.6 Å². The van der Waals surface area contributed by atoms with E-state index in [4.69, 9.17) is 0 Å². The van der Waals surface area contributed by atoms with E-state index in [1.54, 1.807) is 19.1 Å². The Hall–Kier alpha value is -3.27. The Bertz CT molecular complexity index is 1190. The molecule has 3 aromatic carbocycles. The molecule has 2 aliphatic carbocycles. The summed E-state index contributed by atoms with van der Waals surface area (Å²) in [4.78, 5) is 24.5. The number of Topliss-reactive ketones (excluding diaryl/α,β-unsaturated/α-hetero) is 1. The zero-order valence-electron chi connectivity index (χ0n) is 17.0. The van der Waals surface area contributed by atoms with Crippen molar-refractivity contribution in [2.45, 2.75) is 44.9 Å². The molecule has 0 bridgehead atoms. The summed E-state index contributed by atoms with van der Waals surface area (Å²) in [5.74, 6) is -0.188. The van der Waals surface area contributed by atoms with Crippen LogP contribution in [-0.4, -0.2) is 10.7 Å². The molecule has 0 N–H and O–H groups in total. The maximum atomic E-state index is 13.7. The van der Waals surface area contributed by atoms with E-state index in [-0.39, 0.29) is 17.4 Å². The number of nitro groups is 1. The maximum Gasteiger partial charge on any atom is 0.272 e. The van der Waals surface area contributed by atoms with Gasteiger partial charge in [0.2, 0.25) is 0 Å². The quantitative estimate of drug-likeness (QED) is 0.311. The van der Waals surface area contributed by atoms with Crippen molar-refractivity contribution >= 4 is 11.5 Å². The highest BCUT2D eigenvalue weighted by Gasteiger charge is 2.34. The second-order valence-corrected chi connectivity index (χ2v) is 8.41. The number of nitrogens with zero attached hydrogens (tertiary/aromatic N) is 1. The lowest BCUT2D eigenvalue weighted by molar-refractivity contribution is -0.385. The van der Waals surface area contributed by atoms with E-state index in [9.17, 15) is 14.9 Å². The molecule has 0 saturated carbocycles. The van der Waals surface area contributed by atoms with Crippen LogP contribution >= 0.6 is 0 Å². The molecule has 1 unspecified atom stereocenters. The minimum Gasteiger partial charge on any atom is -0.293 e. The molecule has 0 aliphatic heterocycles. The number of carbonyl (C=O) groups is 1. The summed E-state index contributed by atoms with van der Waals surface area (Å²) in [6, 6.07) is 17.5. The van der Waals surface area contributed by atoms with Gasteiger partial charge in [-0.2, -0.15) is 0 Å². The highest BCUT2D eigenvalue weighted by Crippen LogP contribution is 2.45. The number of benzene rings is 3. The second kappa shape index (κ2) is 7.21. The first-order valence-corrected chi connectivity index (χ1v) is 10.6. The first kappa shape index (κ1) is 18.7. The zero-order valence-corrected chi connectivity index (χ0v) is 17.0. The van der Waals surface area contributed by atoms with E-state index in [1.165, 1.54) is 45.9 Å². The fraction of sp³-hybridized carbons (Fsp3) is 0.269. The smallest absolute Gasteiger partial charge is 0.272 e. The Morgan fingerprint density at radius 3 is 2.57 bits per heavy atom. The summed E-state index contributed by atoms with van der Waals surface area (Å²) in [5.41, 5.74) is 8.64. The Kier molecular flexibility index (Phi) is 4.50. The van der Waals surface area contributed by atoms with Crippen molar-refractivity contribution in [3.8, 4) is 11.1 Å². The zero-order chi connectivity index (χ0) is 20.8. The van der Waals surface area contributed by atoms with Crippen LogP contribution in [-0.2, 0) is 19.3 Å². The van der Waals surface area contributed by atoms with Crippen molar-refractivity contribution in [1.82, 2.24) is 0 Å². The van der Waals surface area contributed by atoms with Gasteiger partial charge in [-0.1, -0.05) is 36.4 Å². The third-order valence-corrected chi connectivity index (χ3v) is 6.65. The Balaban J connectivity index is 1.66. The number of aryl methyl sites for hydroxylation is 2. The number of carbonyl (C=O) groups excluding carboxylic acids is 1. The molecule has 150 valence electrons. The molecule has 1 atom stereocenters. The summed E-state index contributed by atoms with van der Waals surface area (Å²) in [7, 11) is 0. The predicted octanol–water partition coefficient (Wildman–Crippen LogP) is 5.97. The minimum atomic E-state index is -0.397. The molecule has 0 aromatic heterocycles. The molecule has 2 aliphatic rings. The van der Waals surface area contributed by atoms with Gasteiger partial charge in [0.1, 0.15) is 0 Å². The van der Waals surface area contributed by atoms with Gasteiger partial charge in [0.25, 0.3) is 5.69 Å². The molecular formula is C26H23NO3. The van der Waals surface area contributed by atoms with Crippen LogP contribution in [0.5, 0.6) is 0 Å². The number of fused-ring (bicyclic) bond motifs is 5. The van der Waals surface area contributed by atoms with Gasteiger partial charge in [0.05, 0.1) is 10.8 Å². The fourth-order valence-electron chi connectivity index (χ4n) is 5.21. The van der Waals surface area contributed by atoms with Crippen LogP contribution in [0.2, 0.25) is 0 Å². The van der Waals surface area contributed by atoms with Gasteiger partial charge in [-0.25, -0.2) is 0 Å². The topological polar surface area (TPSA) is 60.2 Å². The first-order valence-electron chi connectivity index (χ1n) is 10.6. The summed E-state index contributed by atoms with van der Waals surface area (Å²) in [6.07, 6.45) is 5.12. The molecule has 0 saturated heterocycles. The normalized spacial score (nSPS) is 16.9. The van der Waals surface area contributed by atoms with E-state index in [2.05, 4.69) is 30.3 Å². The SMILES string of the molecule is Cc1cc(C(=O)C2Cc3ccccc3-c3ccc4c(c32)CCCC4)ccc1[N+](=O)[O-]. The Morgan fingerprint density at radius 1 is 0.967 bits per heavy atom. The molecule has 0 fully saturated rings. The van der Waals surface area contributed by atoms with Gasteiger partial charge in [0.15, 0.2) is 5.78 Å². The molecule has 3 aromatic rings.